The van der Waals surface area contributed by atoms with Crippen LogP contribution in [0.4, 0.5) is 0 Å². The molecule has 4 heteroatoms. The number of nitrogens with one attached hydrogen (secondary N) is 1. The molecule has 0 fully saturated rings. The molecule has 0 spiro atoms. The summed E-state index contributed by atoms with van der Waals surface area (Å²) in [5.74, 6) is 0.717. The molecule has 0 aliphatic heterocycles. The van der Waals surface area contributed by atoms with Gasteiger partial charge < -0.3 is 0 Å². The van der Waals surface area contributed by atoms with Crippen molar-refractivity contribution in [2.24, 2.45) is 0 Å². The molecule has 0 bridgehead atoms. The van der Waals surface area contributed by atoms with Crippen molar-refractivity contribution in [1.82, 2.24) is 14.8 Å². The van der Waals surface area contributed by atoms with Crippen molar-refractivity contribution < 1.29 is 0 Å². The SMILES string of the molecule is Cc1cccc(Cc2n[nH]c(=O)n2-c2ccc(C(C)(C)C)cc2)c1. The summed E-state index contributed by atoms with van der Waals surface area (Å²) in [5, 5.41) is 6.79. The van der Waals surface area contributed by atoms with Crippen LogP contribution in [0.25, 0.3) is 5.69 Å². The molecule has 0 saturated carbocycles. The van der Waals surface area contributed by atoms with E-state index in [2.05, 4.69) is 68.2 Å². The summed E-state index contributed by atoms with van der Waals surface area (Å²) in [7, 11) is 0. The van der Waals surface area contributed by atoms with Crippen LogP contribution in [0.2, 0.25) is 0 Å². The summed E-state index contributed by atoms with van der Waals surface area (Å²) >= 11 is 0. The molecular formula is C20H23N3O. The Bertz CT molecular complexity index is 896. The van der Waals surface area contributed by atoms with Crippen molar-refractivity contribution in [2.75, 3.05) is 0 Å². The van der Waals surface area contributed by atoms with Crippen LogP contribution < -0.4 is 5.69 Å². The van der Waals surface area contributed by atoms with Gasteiger partial charge in [0.15, 0.2) is 0 Å². The number of hydrogen-bond acceptors (Lipinski definition) is 2. The lowest BCUT2D eigenvalue weighted by Gasteiger charge is -2.19. The molecule has 2 aromatic carbocycles. The minimum atomic E-state index is -0.207. The van der Waals surface area contributed by atoms with Gasteiger partial charge in [0, 0.05) is 6.42 Å². The molecule has 124 valence electrons. The summed E-state index contributed by atoms with van der Waals surface area (Å²) in [6, 6.07) is 16.4. The molecule has 4 nitrogen and oxygen atoms in total. The Hall–Kier alpha value is -2.62. The predicted molar refractivity (Wildman–Crippen MR) is 96.9 cm³/mol. The van der Waals surface area contributed by atoms with Crippen molar-refractivity contribution in [1.29, 1.82) is 0 Å². The summed E-state index contributed by atoms with van der Waals surface area (Å²) in [6.45, 7) is 8.59. The quantitative estimate of drug-likeness (QED) is 0.798. The molecule has 0 aliphatic carbocycles. The Morgan fingerprint density at radius 3 is 2.42 bits per heavy atom. The topological polar surface area (TPSA) is 50.7 Å². The van der Waals surface area contributed by atoms with Gasteiger partial charge in [0.2, 0.25) is 0 Å². The van der Waals surface area contributed by atoms with Gasteiger partial charge in [0.25, 0.3) is 0 Å². The highest BCUT2D eigenvalue weighted by Gasteiger charge is 2.15. The van der Waals surface area contributed by atoms with Crippen molar-refractivity contribution in [3.8, 4) is 5.69 Å². The van der Waals surface area contributed by atoms with Crippen LogP contribution in [0.5, 0.6) is 0 Å². The van der Waals surface area contributed by atoms with Crippen LogP contribution in [0, 0.1) is 6.92 Å². The van der Waals surface area contributed by atoms with Crippen molar-refractivity contribution >= 4 is 0 Å². The Kier molecular flexibility index (Phi) is 4.14. The Labute approximate surface area is 142 Å². The smallest absolute Gasteiger partial charge is 0.247 e. The normalized spacial score (nSPS) is 11.7. The summed E-state index contributed by atoms with van der Waals surface area (Å²) < 4.78 is 1.65. The molecule has 1 heterocycles. The fourth-order valence-electron chi connectivity index (χ4n) is 2.83. The van der Waals surface area contributed by atoms with E-state index in [-0.39, 0.29) is 11.1 Å². The van der Waals surface area contributed by atoms with E-state index in [9.17, 15) is 4.79 Å². The molecule has 1 N–H and O–H groups in total. The number of aryl methyl sites for hydroxylation is 1. The molecule has 0 amide bonds. The van der Waals surface area contributed by atoms with Gasteiger partial charge in [-0.2, -0.15) is 5.10 Å². The molecule has 0 saturated heterocycles. The number of aromatic nitrogens is 3. The largest absolute Gasteiger partial charge is 0.347 e. The highest BCUT2D eigenvalue weighted by atomic mass is 16.1. The average molecular weight is 321 g/mol. The molecule has 0 radical (unpaired) electrons. The second-order valence-corrected chi connectivity index (χ2v) is 7.24. The number of nitrogens with zero attached hydrogens (tertiary/aromatic N) is 2. The minimum absolute atomic E-state index is 0.0876. The summed E-state index contributed by atoms with van der Waals surface area (Å²) in [5.41, 5.74) is 4.30. The fraction of sp³-hybridized carbons (Fsp3) is 0.300. The van der Waals surface area contributed by atoms with Gasteiger partial charge in [-0.25, -0.2) is 14.5 Å². The van der Waals surface area contributed by atoms with Gasteiger partial charge >= 0.3 is 5.69 Å². The average Bonchev–Trinajstić information content (AvgIpc) is 2.87. The lowest BCUT2D eigenvalue weighted by atomic mass is 9.87. The van der Waals surface area contributed by atoms with Gasteiger partial charge in [-0.1, -0.05) is 62.7 Å². The van der Waals surface area contributed by atoms with E-state index in [1.165, 1.54) is 11.1 Å². The molecule has 0 aliphatic rings. The lowest BCUT2D eigenvalue weighted by Crippen LogP contribution is -2.18. The van der Waals surface area contributed by atoms with Gasteiger partial charge in [-0.3, -0.25) is 0 Å². The predicted octanol–water partition coefficient (Wildman–Crippen LogP) is 3.76. The molecule has 24 heavy (non-hydrogen) atoms. The summed E-state index contributed by atoms with van der Waals surface area (Å²) in [6.07, 6.45) is 0.613. The zero-order valence-corrected chi connectivity index (χ0v) is 14.6. The fourth-order valence-corrected chi connectivity index (χ4v) is 2.83. The number of aromatic amines is 1. The molecule has 0 atom stereocenters. The highest BCUT2D eigenvalue weighted by Crippen LogP contribution is 2.23. The van der Waals surface area contributed by atoms with Crippen LogP contribution >= 0.6 is 0 Å². The van der Waals surface area contributed by atoms with Crippen molar-refractivity contribution in [3.63, 3.8) is 0 Å². The van der Waals surface area contributed by atoms with Crippen LogP contribution in [-0.4, -0.2) is 14.8 Å². The molecule has 3 rings (SSSR count). The van der Waals surface area contributed by atoms with E-state index >= 15 is 0 Å². The summed E-state index contributed by atoms with van der Waals surface area (Å²) in [4.78, 5) is 12.2. The Balaban J connectivity index is 1.97. The van der Waals surface area contributed by atoms with E-state index in [1.54, 1.807) is 4.57 Å². The van der Waals surface area contributed by atoms with Crippen molar-refractivity contribution in [3.05, 3.63) is 81.5 Å². The van der Waals surface area contributed by atoms with Gasteiger partial charge in [0.05, 0.1) is 5.69 Å². The maximum absolute atomic E-state index is 12.2. The maximum atomic E-state index is 12.2. The zero-order valence-electron chi connectivity index (χ0n) is 14.6. The van der Waals surface area contributed by atoms with Gasteiger partial charge in [-0.15, -0.1) is 0 Å². The number of H-pyrrole nitrogens is 1. The molecular weight excluding hydrogens is 298 g/mol. The molecule has 0 unspecified atom stereocenters. The van der Waals surface area contributed by atoms with Crippen molar-refractivity contribution in [2.45, 2.75) is 39.5 Å². The number of benzene rings is 2. The van der Waals surface area contributed by atoms with E-state index in [0.29, 0.717) is 12.2 Å². The highest BCUT2D eigenvalue weighted by molar-refractivity contribution is 5.38. The van der Waals surface area contributed by atoms with Crippen LogP contribution in [0.1, 0.15) is 43.3 Å². The Morgan fingerprint density at radius 2 is 1.79 bits per heavy atom. The van der Waals surface area contributed by atoms with Gasteiger partial charge in [-0.05, 0) is 35.6 Å². The molecule has 1 aromatic heterocycles. The van der Waals surface area contributed by atoms with E-state index in [1.807, 2.05) is 18.2 Å². The third kappa shape index (κ3) is 3.32. The Morgan fingerprint density at radius 1 is 1.08 bits per heavy atom. The first kappa shape index (κ1) is 16.2. The van der Waals surface area contributed by atoms with Crippen LogP contribution in [0.3, 0.4) is 0 Å². The van der Waals surface area contributed by atoms with E-state index < -0.39 is 0 Å². The monoisotopic (exact) mass is 321 g/mol. The van der Waals surface area contributed by atoms with Crippen LogP contribution in [-0.2, 0) is 11.8 Å². The first-order chi connectivity index (χ1) is 11.3. The number of hydrogen-bond donors (Lipinski definition) is 1. The lowest BCUT2D eigenvalue weighted by molar-refractivity contribution is 0.590. The standard InChI is InChI=1S/C20H23N3O/c1-14-6-5-7-15(12-14)13-18-21-22-19(24)23(18)17-10-8-16(9-11-17)20(2,3)4/h5-12H,13H2,1-4H3,(H,22,24). The first-order valence-electron chi connectivity index (χ1n) is 8.17. The second kappa shape index (κ2) is 6.11. The zero-order chi connectivity index (χ0) is 17.3. The van der Waals surface area contributed by atoms with Gasteiger partial charge in [0.1, 0.15) is 5.82 Å². The minimum Gasteiger partial charge on any atom is -0.247 e. The maximum Gasteiger partial charge on any atom is 0.347 e. The van der Waals surface area contributed by atoms with Crippen LogP contribution in [0.15, 0.2) is 53.3 Å². The number of rotatable bonds is 3. The molecule has 3 aromatic rings. The van der Waals surface area contributed by atoms with E-state index in [0.717, 1.165) is 11.3 Å². The first-order valence-corrected chi connectivity index (χ1v) is 8.17. The second-order valence-electron chi connectivity index (χ2n) is 7.24. The third-order valence-corrected chi connectivity index (χ3v) is 4.18. The van der Waals surface area contributed by atoms with E-state index in [4.69, 9.17) is 0 Å². The third-order valence-electron chi connectivity index (χ3n) is 4.18.